The number of fused-ring (bicyclic) bond motifs is 1. The fourth-order valence-electron chi connectivity index (χ4n) is 4.78. The van der Waals surface area contributed by atoms with Crippen LogP contribution in [-0.2, 0) is 32.6 Å². The second-order valence-corrected chi connectivity index (χ2v) is 12.7. The van der Waals surface area contributed by atoms with E-state index in [1.807, 2.05) is 68.4 Å². The lowest BCUT2D eigenvalue weighted by Gasteiger charge is -2.34. The quantitative estimate of drug-likeness (QED) is 0.248. The van der Waals surface area contributed by atoms with E-state index in [2.05, 4.69) is 5.32 Å². The molecule has 0 bridgehead atoms. The Hall–Kier alpha value is -4.24. The average Bonchev–Trinajstić information content (AvgIpc) is 2.97. The van der Waals surface area contributed by atoms with Crippen molar-refractivity contribution in [2.24, 2.45) is 5.92 Å². The second-order valence-electron chi connectivity index (χ2n) is 10.8. The molecular formula is C33H36FN3O4S. The molecule has 0 fully saturated rings. The number of benzene rings is 4. The number of sulfonamides is 1. The smallest absolute Gasteiger partial charge is 0.244 e. The summed E-state index contributed by atoms with van der Waals surface area (Å²) in [4.78, 5) is 29.3. The topological polar surface area (TPSA) is 86.8 Å². The molecule has 9 heteroatoms. The van der Waals surface area contributed by atoms with Crippen LogP contribution >= 0.6 is 0 Å². The SMILES string of the molecule is CC(C)CNC(=O)[C@@H](Cc1ccccc1)N(Cc1ccc(F)cc1)C(=O)CN(c1cccc2ccccc12)S(C)(=O)=O. The lowest BCUT2D eigenvalue weighted by Crippen LogP contribution is -2.53. The number of carbonyl (C=O) groups excluding carboxylic acids is 2. The Labute approximate surface area is 247 Å². The van der Waals surface area contributed by atoms with E-state index < -0.39 is 34.3 Å². The van der Waals surface area contributed by atoms with E-state index in [0.29, 0.717) is 23.2 Å². The van der Waals surface area contributed by atoms with Crippen LogP contribution in [0.15, 0.2) is 97.1 Å². The molecule has 0 spiro atoms. The lowest BCUT2D eigenvalue weighted by atomic mass is 10.0. The summed E-state index contributed by atoms with van der Waals surface area (Å²) in [6, 6.07) is 26.7. The molecule has 4 aromatic rings. The molecular weight excluding hydrogens is 553 g/mol. The minimum absolute atomic E-state index is 0.0150. The van der Waals surface area contributed by atoms with Crippen molar-refractivity contribution in [2.75, 3.05) is 23.7 Å². The van der Waals surface area contributed by atoms with Gasteiger partial charge in [0.25, 0.3) is 0 Å². The fraction of sp³-hybridized carbons (Fsp3) is 0.273. The number of hydrogen-bond donors (Lipinski definition) is 1. The Kier molecular flexibility index (Phi) is 9.96. The summed E-state index contributed by atoms with van der Waals surface area (Å²) < 4.78 is 41.1. The summed E-state index contributed by atoms with van der Waals surface area (Å²) in [5.41, 5.74) is 1.82. The van der Waals surface area contributed by atoms with Gasteiger partial charge >= 0.3 is 0 Å². The number of nitrogens with zero attached hydrogens (tertiary/aromatic N) is 2. The molecule has 1 N–H and O–H groups in total. The van der Waals surface area contributed by atoms with Crippen molar-refractivity contribution in [3.05, 3.63) is 114 Å². The average molecular weight is 590 g/mol. The fourth-order valence-corrected chi connectivity index (χ4v) is 5.65. The number of hydrogen-bond acceptors (Lipinski definition) is 4. The molecule has 0 aliphatic rings. The zero-order valence-electron chi connectivity index (χ0n) is 24.0. The molecule has 42 heavy (non-hydrogen) atoms. The van der Waals surface area contributed by atoms with Gasteiger partial charge in [-0.15, -0.1) is 0 Å². The lowest BCUT2D eigenvalue weighted by molar-refractivity contribution is -0.140. The van der Waals surface area contributed by atoms with Gasteiger partial charge in [-0.2, -0.15) is 0 Å². The highest BCUT2D eigenvalue weighted by molar-refractivity contribution is 7.92. The van der Waals surface area contributed by atoms with Gasteiger partial charge in [0, 0.05) is 24.9 Å². The molecule has 0 saturated heterocycles. The first kappa shape index (κ1) is 30.7. The van der Waals surface area contributed by atoms with Gasteiger partial charge in [-0.25, -0.2) is 12.8 Å². The second kappa shape index (κ2) is 13.6. The van der Waals surface area contributed by atoms with Gasteiger partial charge in [0.15, 0.2) is 0 Å². The minimum Gasteiger partial charge on any atom is -0.354 e. The van der Waals surface area contributed by atoms with Crippen LogP contribution in [0.25, 0.3) is 10.8 Å². The zero-order valence-corrected chi connectivity index (χ0v) is 24.9. The summed E-state index contributed by atoms with van der Waals surface area (Å²) in [5, 5.41) is 4.45. The monoisotopic (exact) mass is 589 g/mol. The zero-order chi connectivity index (χ0) is 30.3. The summed E-state index contributed by atoms with van der Waals surface area (Å²) in [6.07, 6.45) is 1.27. The van der Waals surface area contributed by atoms with Crippen molar-refractivity contribution in [3.8, 4) is 0 Å². The summed E-state index contributed by atoms with van der Waals surface area (Å²) in [5.74, 6) is -1.15. The molecule has 7 nitrogen and oxygen atoms in total. The highest BCUT2D eigenvalue weighted by Gasteiger charge is 2.33. The third-order valence-corrected chi connectivity index (χ3v) is 8.06. The van der Waals surface area contributed by atoms with E-state index >= 15 is 0 Å². The van der Waals surface area contributed by atoms with Crippen LogP contribution in [0.1, 0.15) is 25.0 Å². The normalized spacial score (nSPS) is 12.2. The van der Waals surface area contributed by atoms with Crippen molar-refractivity contribution >= 4 is 38.3 Å². The largest absolute Gasteiger partial charge is 0.354 e. The first-order valence-corrected chi connectivity index (χ1v) is 15.7. The van der Waals surface area contributed by atoms with Gasteiger partial charge in [0.05, 0.1) is 11.9 Å². The molecule has 1 atom stereocenters. The van der Waals surface area contributed by atoms with Crippen molar-refractivity contribution in [1.29, 1.82) is 0 Å². The van der Waals surface area contributed by atoms with Crippen molar-refractivity contribution in [2.45, 2.75) is 32.9 Å². The van der Waals surface area contributed by atoms with Gasteiger partial charge in [0.2, 0.25) is 21.8 Å². The number of anilines is 1. The van der Waals surface area contributed by atoms with Crippen LogP contribution < -0.4 is 9.62 Å². The predicted octanol–water partition coefficient (Wildman–Crippen LogP) is 5.16. The van der Waals surface area contributed by atoms with Gasteiger partial charge in [-0.3, -0.25) is 13.9 Å². The summed E-state index contributed by atoms with van der Waals surface area (Å²) in [6.45, 7) is 3.83. The Morgan fingerprint density at radius 2 is 1.48 bits per heavy atom. The van der Waals surface area contributed by atoms with Crippen LogP contribution in [0, 0.1) is 11.7 Å². The van der Waals surface area contributed by atoms with Crippen LogP contribution in [0.3, 0.4) is 0 Å². The molecule has 0 radical (unpaired) electrons. The molecule has 0 unspecified atom stereocenters. The molecule has 0 saturated carbocycles. The highest BCUT2D eigenvalue weighted by Crippen LogP contribution is 2.29. The Bertz CT molecular complexity index is 1620. The number of halogens is 1. The minimum atomic E-state index is -3.91. The Morgan fingerprint density at radius 3 is 2.14 bits per heavy atom. The Morgan fingerprint density at radius 1 is 0.833 bits per heavy atom. The maximum absolute atomic E-state index is 14.2. The van der Waals surface area contributed by atoms with Crippen LogP contribution in [0.4, 0.5) is 10.1 Å². The molecule has 0 heterocycles. The number of carbonyl (C=O) groups is 2. The van der Waals surface area contributed by atoms with E-state index in [0.717, 1.165) is 21.5 Å². The highest BCUT2D eigenvalue weighted by atomic mass is 32.2. The molecule has 220 valence electrons. The number of rotatable bonds is 12. The van der Waals surface area contributed by atoms with Crippen LogP contribution in [0.5, 0.6) is 0 Å². The molecule has 4 aromatic carbocycles. The number of amides is 2. The number of nitrogens with one attached hydrogen (secondary N) is 1. The maximum atomic E-state index is 14.2. The molecule has 0 aromatic heterocycles. The van der Waals surface area contributed by atoms with E-state index in [1.165, 1.54) is 17.0 Å². The molecule has 4 rings (SSSR count). The standard InChI is InChI=1S/C33H36FN3O4S/c1-24(2)21-35-33(39)31(20-25-10-5-4-6-11-25)36(22-26-16-18-28(34)19-17-26)32(38)23-37(42(3,40)41)30-15-9-13-27-12-7-8-14-29(27)30/h4-19,24,31H,20-23H2,1-3H3,(H,35,39)/t31-/m1/s1. The van der Waals surface area contributed by atoms with Gasteiger partial charge in [0.1, 0.15) is 18.4 Å². The van der Waals surface area contributed by atoms with Gasteiger partial charge in [-0.1, -0.05) is 92.7 Å². The first-order chi connectivity index (χ1) is 20.0. The Balaban J connectivity index is 1.77. The van der Waals surface area contributed by atoms with Crippen LogP contribution in [-0.4, -0.2) is 50.5 Å². The first-order valence-electron chi connectivity index (χ1n) is 13.8. The van der Waals surface area contributed by atoms with E-state index in [-0.39, 0.29) is 24.8 Å². The predicted molar refractivity (Wildman–Crippen MR) is 165 cm³/mol. The van der Waals surface area contributed by atoms with E-state index in [9.17, 15) is 22.4 Å². The van der Waals surface area contributed by atoms with Gasteiger partial charge < -0.3 is 10.2 Å². The van der Waals surface area contributed by atoms with Gasteiger partial charge in [-0.05, 0) is 40.6 Å². The van der Waals surface area contributed by atoms with E-state index in [4.69, 9.17) is 0 Å². The molecule has 2 amide bonds. The molecule has 0 aliphatic heterocycles. The van der Waals surface area contributed by atoms with Crippen molar-refractivity contribution in [1.82, 2.24) is 10.2 Å². The third kappa shape index (κ3) is 7.94. The summed E-state index contributed by atoms with van der Waals surface area (Å²) in [7, 11) is -3.91. The van der Waals surface area contributed by atoms with Crippen molar-refractivity contribution < 1.29 is 22.4 Å². The third-order valence-electron chi connectivity index (χ3n) is 6.94. The molecule has 0 aliphatic carbocycles. The van der Waals surface area contributed by atoms with E-state index in [1.54, 1.807) is 30.3 Å². The van der Waals surface area contributed by atoms with Crippen LogP contribution in [0.2, 0.25) is 0 Å². The van der Waals surface area contributed by atoms with Crippen molar-refractivity contribution in [3.63, 3.8) is 0 Å². The maximum Gasteiger partial charge on any atom is 0.244 e. The summed E-state index contributed by atoms with van der Waals surface area (Å²) >= 11 is 0.